The molecule has 25 heavy (non-hydrogen) atoms. The van der Waals surface area contributed by atoms with Crippen LogP contribution in [0.25, 0.3) is 10.2 Å². The second kappa shape index (κ2) is 5.16. The van der Waals surface area contributed by atoms with Crippen LogP contribution in [0, 0.1) is 23.7 Å². The Kier molecular flexibility index (Phi) is 3.46. The molecular weight excluding hydrogens is 334 g/mol. The van der Waals surface area contributed by atoms with Gasteiger partial charge in [-0.1, -0.05) is 20.8 Å². The summed E-state index contributed by atoms with van der Waals surface area (Å²) < 4.78 is 1.46. The van der Waals surface area contributed by atoms with Gasteiger partial charge in [-0.05, 0) is 48.5 Å². The molecular formula is C19H25N3O2S. The maximum atomic E-state index is 13.0. The summed E-state index contributed by atoms with van der Waals surface area (Å²) in [4.78, 5) is 30.9. The predicted octanol–water partition coefficient (Wildman–Crippen LogP) is 3.25. The molecule has 2 heterocycles. The van der Waals surface area contributed by atoms with Crippen LogP contribution < -0.4 is 10.9 Å². The Hall–Kier alpha value is -1.69. The smallest absolute Gasteiger partial charge is 0.262 e. The average molecular weight is 359 g/mol. The molecule has 0 aromatic carbocycles. The SMILES string of the molecule is Cc1c(C(=O)NC2CC3CCC2(C)C3(C)C)sc2ncn(C)c(=O)c12. The molecule has 1 N–H and O–H groups in total. The van der Waals surface area contributed by atoms with Gasteiger partial charge in [0.1, 0.15) is 4.83 Å². The summed E-state index contributed by atoms with van der Waals surface area (Å²) in [7, 11) is 1.68. The molecule has 0 aliphatic heterocycles. The molecule has 2 aromatic heterocycles. The molecule has 5 nitrogen and oxygen atoms in total. The van der Waals surface area contributed by atoms with Crippen molar-refractivity contribution in [2.45, 2.75) is 53.0 Å². The quantitative estimate of drug-likeness (QED) is 0.895. The molecule has 3 atom stereocenters. The van der Waals surface area contributed by atoms with Crippen LogP contribution in [-0.4, -0.2) is 21.5 Å². The van der Waals surface area contributed by atoms with Gasteiger partial charge in [-0.2, -0.15) is 0 Å². The number of carbonyl (C=O) groups is 1. The van der Waals surface area contributed by atoms with Crippen molar-refractivity contribution in [3.05, 3.63) is 27.1 Å². The summed E-state index contributed by atoms with van der Waals surface area (Å²) >= 11 is 1.32. The normalized spacial score (nSPS) is 30.1. The summed E-state index contributed by atoms with van der Waals surface area (Å²) in [6.07, 6.45) is 5.00. The van der Waals surface area contributed by atoms with E-state index in [1.165, 1.54) is 35.1 Å². The van der Waals surface area contributed by atoms with E-state index in [4.69, 9.17) is 0 Å². The van der Waals surface area contributed by atoms with Gasteiger partial charge in [0, 0.05) is 13.1 Å². The highest BCUT2D eigenvalue weighted by Crippen LogP contribution is 2.65. The van der Waals surface area contributed by atoms with Crippen molar-refractivity contribution < 1.29 is 4.79 Å². The van der Waals surface area contributed by atoms with Crippen molar-refractivity contribution in [1.29, 1.82) is 0 Å². The molecule has 3 unspecified atom stereocenters. The summed E-state index contributed by atoms with van der Waals surface area (Å²) in [6, 6.07) is 0.203. The molecule has 2 aliphatic rings. The third kappa shape index (κ3) is 2.09. The van der Waals surface area contributed by atoms with E-state index in [9.17, 15) is 9.59 Å². The second-order valence-electron chi connectivity index (χ2n) is 8.53. The Balaban J connectivity index is 1.67. The molecule has 2 aromatic rings. The van der Waals surface area contributed by atoms with E-state index in [1.54, 1.807) is 7.05 Å². The lowest BCUT2D eigenvalue weighted by atomic mass is 9.69. The lowest BCUT2D eigenvalue weighted by Gasteiger charge is -2.39. The van der Waals surface area contributed by atoms with E-state index < -0.39 is 0 Å². The average Bonchev–Trinajstić information content (AvgIpc) is 3.06. The van der Waals surface area contributed by atoms with Crippen molar-refractivity contribution in [2.24, 2.45) is 23.8 Å². The number of rotatable bonds is 2. The van der Waals surface area contributed by atoms with Gasteiger partial charge >= 0.3 is 0 Å². The molecule has 0 radical (unpaired) electrons. The number of aryl methyl sites for hydroxylation is 2. The van der Waals surface area contributed by atoms with Crippen molar-refractivity contribution in [1.82, 2.24) is 14.9 Å². The van der Waals surface area contributed by atoms with Crippen molar-refractivity contribution >= 4 is 27.5 Å². The van der Waals surface area contributed by atoms with Crippen molar-refractivity contribution in [3.8, 4) is 0 Å². The number of fused-ring (bicyclic) bond motifs is 3. The minimum atomic E-state index is -0.0918. The number of amides is 1. The van der Waals surface area contributed by atoms with E-state index in [2.05, 4.69) is 31.1 Å². The fourth-order valence-electron chi connectivity index (χ4n) is 5.07. The van der Waals surface area contributed by atoms with Gasteiger partial charge in [-0.15, -0.1) is 11.3 Å². The van der Waals surface area contributed by atoms with Crippen molar-refractivity contribution in [3.63, 3.8) is 0 Å². The first-order valence-electron chi connectivity index (χ1n) is 8.92. The van der Waals surface area contributed by atoms with Gasteiger partial charge in [-0.3, -0.25) is 9.59 Å². The molecule has 2 saturated carbocycles. The Labute approximate surface area is 151 Å². The molecule has 2 fully saturated rings. The Morgan fingerprint density at radius 3 is 2.72 bits per heavy atom. The van der Waals surface area contributed by atoms with Crippen LogP contribution in [0.2, 0.25) is 0 Å². The van der Waals surface area contributed by atoms with Gasteiger partial charge in [0.25, 0.3) is 11.5 Å². The summed E-state index contributed by atoms with van der Waals surface area (Å²) in [5.74, 6) is 0.623. The standard InChI is InChI=1S/C19H25N3O2S/c1-10-13-16(20-9-22(5)17(13)24)25-14(10)15(23)21-12-8-11-6-7-19(12,4)18(11,2)3/h9,11-12H,6-8H2,1-5H3,(H,21,23). The predicted molar refractivity (Wildman–Crippen MR) is 100 cm³/mol. The highest BCUT2D eigenvalue weighted by molar-refractivity contribution is 7.20. The van der Waals surface area contributed by atoms with Gasteiger partial charge in [0.05, 0.1) is 16.6 Å². The molecule has 134 valence electrons. The van der Waals surface area contributed by atoms with E-state index in [0.717, 1.165) is 12.0 Å². The zero-order chi connectivity index (χ0) is 18.1. The Bertz CT molecular complexity index is 942. The molecule has 6 heteroatoms. The summed E-state index contributed by atoms with van der Waals surface area (Å²) in [5, 5.41) is 3.86. The van der Waals surface area contributed by atoms with E-state index in [0.29, 0.717) is 21.0 Å². The lowest BCUT2D eigenvalue weighted by molar-refractivity contribution is 0.0829. The van der Waals surface area contributed by atoms with Crippen LogP contribution >= 0.6 is 11.3 Å². The molecule has 0 saturated heterocycles. The third-order valence-electron chi connectivity index (χ3n) is 7.32. The first-order chi connectivity index (χ1) is 11.7. The maximum absolute atomic E-state index is 13.0. The van der Waals surface area contributed by atoms with Crippen LogP contribution in [0.5, 0.6) is 0 Å². The molecule has 2 bridgehead atoms. The number of thiophene rings is 1. The minimum Gasteiger partial charge on any atom is -0.348 e. The number of nitrogens with one attached hydrogen (secondary N) is 1. The third-order valence-corrected chi connectivity index (χ3v) is 8.51. The van der Waals surface area contributed by atoms with Gasteiger partial charge in [-0.25, -0.2) is 4.98 Å². The number of carbonyl (C=O) groups excluding carboxylic acids is 1. The van der Waals surface area contributed by atoms with E-state index >= 15 is 0 Å². The van der Waals surface area contributed by atoms with Gasteiger partial charge in [0.2, 0.25) is 0 Å². The van der Waals surface area contributed by atoms with E-state index in [-0.39, 0.29) is 28.3 Å². The topological polar surface area (TPSA) is 64.0 Å². The minimum absolute atomic E-state index is 0.0582. The van der Waals surface area contributed by atoms with Crippen LogP contribution in [0.1, 0.15) is 55.3 Å². The Morgan fingerprint density at radius 1 is 1.40 bits per heavy atom. The number of hydrogen-bond donors (Lipinski definition) is 1. The molecule has 0 spiro atoms. The zero-order valence-corrected chi connectivity index (χ0v) is 16.3. The van der Waals surface area contributed by atoms with Crippen LogP contribution in [0.3, 0.4) is 0 Å². The summed E-state index contributed by atoms with van der Waals surface area (Å²) in [5.41, 5.74) is 1.06. The monoisotopic (exact) mass is 359 g/mol. The maximum Gasteiger partial charge on any atom is 0.262 e. The number of aromatic nitrogens is 2. The van der Waals surface area contributed by atoms with Crippen LogP contribution in [0.15, 0.2) is 11.1 Å². The summed E-state index contributed by atoms with van der Waals surface area (Å²) in [6.45, 7) is 8.85. The largest absolute Gasteiger partial charge is 0.348 e. The second-order valence-corrected chi connectivity index (χ2v) is 9.53. The highest BCUT2D eigenvalue weighted by atomic mass is 32.1. The number of hydrogen-bond acceptors (Lipinski definition) is 4. The van der Waals surface area contributed by atoms with Crippen LogP contribution in [0.4, 0.5) is 0 Å². The first-order valence-corrected chi connectivity index (χ1v) is 9.74. The highest BCUT2D eigenvalue weighted by Gasteiger charge is 2.61. The first kappa shape index (κ1) is 16.8. The van der Waals surface area contributed by atoms with Gasteiger partial charge in [0.15, 0.2) is 0 Å². The Morgan fingerprint density at radius 2 is 2.12 bits per heavy atom. The molecule has 4 rings (SSSR count). The van der Waals surface area contributed by atoms with E-state index in [1.807, 2.05) is 6.92 Å². The zero-order valence-electron chi connectivity index (χ0n) is 15.5. The lowest BCUT2D eigenvalue weighted by Crippen LogP contribution is -2.46. The fourth-order valence-corrected chi connectivity index (χ4v) is 6.11. The van der Waals surface area contributed by atoms with Crippen molar-refractivity contribution in [2.75, 3.05) is 0 Å². The molecule has 1 amide bonds. The van der Waals surface area contributed by atoms with Crippen LogP contribution in [-0.2, 0) is 7.05 Å². The molecule has 2 aliphatic carbocycles. The van der Waals surface area contributed by atoms with Gasteiger partial charge < -0.3 is 9.88 Å². The fraction of sp³-hybridized carbons (Fsp3) is 0.632. The number of nitrogens with zero attached hydrogens (tertiary/aromatic N) is 2.